The standard InChI is InChI=1S/C15H18N2/c1-12(13-6-4-3-5-7-13)17-15-10-8-14(16-2)9-11-15/h3-12,16-17H,1-2H3. The van der Waals surface area contributed by atoms with Crippen LogP contribution in [0.2, 0.25) is 0 Å². The molecule has 0 aromatic heterocycles. The fourth-order valence-corrected chi connectivity index (χ4v) is 1.81. The van der Waals surface area contributed by atoms with Crippen LogP contribution in [0.1, 0.15) is 18.5 Å². The maximum Gasteiger partial charge on any atom is 0.0485 e. The van der Waals surface area contributed by atoms with Crippen molar-refractivity contribution in [1.29, 1.82) is 0 Å². The molecule has 88 valence electrons. The number of anilines is 2. The molecule has 2 rings (SSSR count). The first-order valence-electron chi connectivity index (χ1n) is 5.89. The molecule has 0 radical (unpaired) electrons. The molecule has 0 saturated carbocycles. The summed E-state index contributed by atoms with van der Waals surface area (Å²) in [6.07, 6.45) is 0. The van der Waals surface area contributed by atoms with E-state index in [4.69, 9.17) is 0 Å². The van der Waals surface area contributed by atoms with Crippen molar-refractivity contribution in [3.05, 3.63) is 60.2 Å². The summed E-state index contributed by atoms with van der Waals surface area (Å²) in [5.74, 6) is 0. The van der Waals surface area contributed by atoms with Crippen LogP contribution in [0.5, 0.6) is 0 Å². The zero-order valence-electron chi connectivity index (χ0n) is 10.3. The van der Waals surface area contributed by atoms with Gasteiger partial charge in [0.25, 0.3) is 0 Å². The molecule has 0 spiro atoms. The molecule has 0 aliphatic rings. The van der Waals surface area contributed by atoms with Crippen molar-refractivity contribution in [3.63, 3.8) is 0 Å². The quantitative estimate of drug-likeness (QED) is 0.826. The summed E-state index contributed by atoms with van der Waals surface area (Å²) in [7, 11) is 1.93. The molecule has 0 heterocycles. The van der Waals surface area contributed by atoms with Crippen LogP contribution in [0.25, 0.3) is 0 Å². The number of nitrogens with one attached hydrogen (secondary N) is 2. The zero-order valence-corrected chi connectivity index (χ0v) is 10.3. The second-order valence-corrected chi connectivity index (χ2v) is 4.10. The van der Waals surface area contributed by atoms with E-state index in [0.717, 1.165) is 11.4 Å². The van der Waals surface area contributed by atoms with Gasteiger partial charge >= 0.3 is 0 Å². The van der Waals surface area contributed by atoms with Crippen LogP contribution in [0.4, 0.5) is 11.4 Å². The minimum Gasteiger partial charge on any atom is -0.388 e. The molecule has 2 heteroatoms. The average molecular weight is 226 g/mol. The summed E-state index contributed by atoms with van der Waals surface area (Å²) in [6.45, 7) is 2.17. The smallest absolute Gasteiger partial charge is 0.0485 e. The van der Waals surface area contributed by atoms with Gasteiger partial charge in [-0.3, -0.25) is 0 Å². The normalized spacial score (nSPS) is 11.9. The van der Waals surface area contributed by atoms with E-state index < -0.39 is 0 Å². The van der Waals surface area contributed by atoms with Gasteiger partial charge in [0.1, 0.15) is 0 Å². The second kappa shape index (κ2) is 5.39. The lowest BCUT2D eigenvalue weighted by atomic mass is 10.1. The number of rotatable bonds is 4. The number of benzene rings is 2. The highest BCUT2D eigenvalue weighted by Crippen LogP contribution is 2.20. The van der Waals surface area contributed by atoms with E-state index in [1.807, 2.05) is 13.1 Å². The monoisotopic (exact) mass is 226 g/mol. The Morgan fingerprint density at radius 3 is 2.00 bits per heavy atom. The molecule has 0 fully saturated rings. The Morgan fingerprint density at radius 1 is 0.824 bits per heavy atom. The van der Waals surface area contributed by atoms with Crippen LogP contribution in [-0.4, -0.2) is 7.05 Å². The zero-order chi connectivity index (χ0) is 12.1. The van der Waals surface area contributed by atoms with Crippen LogP contribution < -0.4 is 10.6 Å². The molecule has 0 aliphatic heterocycles. The lowest BCUT2D eigenvalue weighted by molar-refractivity contribution is 0.885. The van der Waals surface area contributed by atoms with Crippen molar-refractivity contribution in [3.8, 4) is 0 Å². The Hall–Kier alpha value is -1.96. The van der Waals surface area contributed by atoms with E-state index in [1.54, 1.807) is 0 Å². The Labute approximate surface area is 103 Å². The molecule has 2 aromatic carbocycles. The van der Waals surface area contributed by atoms with Gasteiger partial charge in [-0.05, 0) is 36.8 Å². The van der Waals surface area contributed by atoms with Gasteiger partial charge in [-0.25, -0.2) is 0 Å². The summed E-state index contributed by atoms with van der Waals surface area (Å²) in [6, 6.07) is 19.1. The van der Waals surface area contributed by atoms with Crippen LogP contribution in [0.15, 0.2) is 54.6 Å². The lowest BCUT2D eigenvalue weighted by Crippen LogP contribution is -2.06. The van der Waals surface area contributed by atoms with Crippen LogP contribution in [0, 0.1) is 0 Å². The Morgan fingerprint density at radius 2 is 1.41 bits per heavy atom. The molecule has 1 atom stereocenters. The largest absolute Gasteiger partial charge is 0.388 e. The third-order valence-electron chi connectivity index (χ3n) is 2.86. The first-order valence-corrected chi connectivity index (χ1v) is 5.89. The van der Waals surface area contributed by atoms with Crippen molar-refractivity contribution >= 4 is 11.4 Å². The van der Waals surface area contributed by atoms with Gasteiger partial charge in [0.2, 0.25) is 0 Å². The van der Waals surface area contributed by atoms with Gasteiger partial charge in [0, 0.05) is 24.5 Å². The SMILES string of the molecule is CNc1ccc(NC(C)c2ccccc2)cc1. The molecule has 0 amide bonds. The van der Waals surface area contributed by atoms with Crippen molar-refractivity contribution in [2.24, 2.45) is 0 Å². The molecular weight excluding hydrogens is 208 g/mol. The number of hydrogen-bond donors (Lipinski definition) is 2. The molecular formula is C15H18N2. The minimum absolute atomic E-state index is 0.316. The maximum absolute atomic E-state index is 3.48. The third kappa shape index (κ3) is 3.00. The van der Waals surface area contributed by atoms with Crippen LogP contribution >= 0.6 is 0 Å². The highest BCUT2D eigenvalue weighted by molar-refractivity contribution is 5.54. The Bertz CT molecular complexity index is 448. The van der Waals surface area contributed by atoms with Gasteiger partial charge in [0.15, 0.2) is 0 Å². The van der Waals surface area contributed by atoms with Gasteiger partial charge in [0.05, 0.1) is 0 Å². The first kappa shape index (κ1) is 11.5. The summed E-state index contributed by atoms with van der Waals surface area (Å²) in [4.78, 5) is 0. The second-order valence-electron chi connectivity index (χ2n) is 4.10. The first-order chi connectivity index (χ1) is 8.29. The lowest BCUT2D eigenvalue weighted by Gasteiger charge is -2.15. The fourth-order valence-electron chi connectivity index (χ4n) is 1.81. The van der Waals surface area contributed by atoms with Crippen molar-refractivity contribution in [2.45, 2.75) is 13.0 Å². The molecule has 17 heavy (non-hydrogen) atoms. The van der Waals surface area contributed by atoms with E-state index in [2.05, 4.69) is 66.1 Å². The summed E-state index contributed by atoms with van der Waals surface area (Å²) < 4.78 is 0. The minimum atomic E-state index is 0.316. The molecule has 0 aliphatic carbocycles. The van der Waals surface area contributed by atoms with E-state index in [-0.39, 0.29) is 0 Å². The molecule has 2 N–H and O–H groups in total. The third-order valence-corrected chi connectivity index (χ3v) is 2.86. The molecule has 0 saturated heterocycles. The van der Waals surface area contributed by atoms with Crippen LogP contribution in [-0.2, 0) is 0 Å². The number of hydrogen-bond acceptors (Lipinski definition) is 2. The predicted octanol–water partition coefficient (Wildman–Crippen LogP) is 3.90. The van der Waals surface area contributed by atoms with E-state index in [9.17, 15) is 0 Å². The van der Waals surface area contributed by atoms with E-state index in [1.165, 1.54) is 5.56 Å². The predicted molar refractivity (Wildman–Crippen MR) is 74.5 cm³/mol. The van der Waals surface area contributed by atoms with Crippen molar-refractivity contribution in [1.82, 2.24) is 0 Å². The molecule has 2 nitrogen and oxygen atoms in total. The maximum atomic E-state index is 3.48. The molecule has 1 unspecified atom stereocenters. The van der Waals surface area contributed by atoms with E-state index in [0.29, 0.717) is 6.04 Å². The fraction of sp³-hybridized carbons (Fsp3) is 0.200. The van der Waals surface area contributed by atoms with E-state index >= 15 is 0 Å². The van der Waals surface area contributed by atoms with Crippen LogP contribution in [0.3, 0.4) is 0 Å². The van der Waals surface area contributed by atoms with Crippen molar-refractivity contribution in [2.75, 3.05) is 17.7 Å². The van der Waals surface area contributed by atoms with Gasteiger partial charge < -0.3 is 10.6 Å². The summed E-state index contributed by atoms with van der Waals surface area (Å²) >= 11 is 0. The van der Waals surface area contributed by atoms with Gasteiger partial charge in [-0.1, -0.05) is 30.3 Å². The average Bonchev–Trinajstić information content (AvgIpc) is 2.40. The topological polar surface area (TPSA) is 24.1 Å². The van der Waals surface area contributed by atoms with Gasteiger partial charge in [-0.2, -0.15) is 0 Å². The molecule has 2 aromatic rings. The summed E-state index contributed by atoms with van der Waals surface area (Å²) in [5, 5.41) is 6.59. The highest BCUT2D eigenvalue weighted by Gasteiger charge is 2.03. The molecule has 0 bridgehead atoms. The Balaban J connectivity index is 2.05. The van der Waals surface area contributed by atoms with Crippen molar-refractivity contribution < 1.29 is 0 Å². The highest BCUT2D eigenvalue weighted by atomic mass is 14.9. The Kier molecular flexibility index (Phi) is 3.66. The van der Waals surface area contributed by atoms with Gasteiger partial charge in [-0.15, -0.1) is 0 Å². The summed E-state index contributed by atoms with van der Waals surface area (Å²) in [5.41, 5.74) is 3.56.